The van der Waals surface area contributed by atoms with Crippen molar-refractivity contribution in [2.45, 2.75) is 245 Å². The molecule has 1 atom stereocenters. The molecule has 0 N–H and O–H groups in total. The number of hydrogen-bond donors (Lipinski definition) is 0. The van der Waals surface area contributed by atoms with Crippen LogP contribution in [0.2, 0.25) is 0 Å². The minimum atomic E-state index is -0.844. The number of allylic oxidation sites excluding steroid dienone is 20. The van der Waals surface area contributed by atoms with Gasteiger partial charge in [0.2, 0.25) is 0 Å². The van der Waals surface area contributed by atoms with Gasteiger partial charge in [-0.15, -0.1) is 0 Å². The fourth-order valence-electron chi connectivity index (χ4n) is 7.18. The third-order valence-electron chi connectivity index (χ3n) is 11.4. The van der Waals surface area contributed by atoms with Crippen LogP contribution in [0.1, 0.15) is 239 Å². The average Bonchev–Trinajstić information content (AvgIpc) is 3.35. The summed E-state index contributed by atoms with van der Waals surface area (Å²) < 4.78 is 16.7. The fourth-order valence-corrected chi connectivity index (χ4v) is 7.18. The summed E-state index contributed by atoms with van der Waals surface area (Å²) in [6.07, 6.45) is 77.7. The zero-order valence-electron chi connectivity index (χ0n) is 44.5. The number of esters is 3. The number of rotatable bonds is 49. The second-order valence-electron chi connectivity index (χ2n) is 18.1. The molecule has 0 fully saturated rings. The Kier molecular flexibility index (Phi) is 53.0. The molecule has 0 aromatic rings. The van der Waals surface area contributed by atoms with Crippen molar-refractivity contribution in [2.24, 2.45) is 0 Å². The molecule has 0 aromatic carbocycles. The van der Waals surface area contributed by atoms with E-state index < -0.39 is 6.10 Å². The monoisotopic (exact) mass is 955 g/mol. The zero-order valence-corrected chi connectivity index (χ0v) is 44.5. The molecule has 0 aliphatic carbocycles. The molecule has 69 heavy (non-hydrogen) atoms. The Morgan fingerprint density at radius 3 is 0.971 bits per heavy atom. The minimum absolute atomic E-state index is 0.131. The largest absolute Gasteiger partial charge is 0.462 e. The lowest BCUT2D eigenvalue weighted by atomic mass is 10.1. The van der Waals surface area contributed by atoms with Crippen LogP contribution in [0, 0.1) is 0 Å². The quantitative estimate of drug-likeness (QED) is 0.0262. The molecule has 0 saturated heterocycles. The van der Waals surface area contributed by atoms with Gasteiger partial charge in [0, 0.05) is 19.3 Å². The average molecular weight is 956 g/mol. The van der Waals surface area contributed by atoms with E-state index in [9.17, 15) is 14.4 Å². The molecule has 0 aliphatic heterocycles. The molecule has 0 aliphatic rings. The van der Waals surface area contributed by atoms with Crippen LogP contribution in [0.15, 0.2) is 122 Å². The highest BCUT2D eigenvalue weighted by Crippen LogP contribution is 2.12. The molecule has 0 bridgehead atoms. The molecule has 6 heteroatoms. The fraction of sp³-hybridized carbons (Fsp3) is 0.635. The van der Waals surface area contributed by atoms with E-state index in [0.29, 0.717) is 19.3 Å². The summed E-state index contributed by atoms with van der Waals surface area (Å²) in [5.41, 5.74) is 0. The Morgan fingerprint density at radius 1 is 0.290 bits per heavy atom. The van der Waals surface area contributed by atoms with E-state index in [4.69, 9.17) is 14.2 Å². The van der Waals surface area contributed by atoms with Gasteiger partial charge in [-0.1, -0.05) is 219 Å². The zero-order chi connectivity index (χ0) is 50.0. The van der Waals surface area contributed by atoms with Crippen LogP contribution < -0.4 is 0 Å². The Morgan fingerprint density at radius 2 is 0.565 bits per heavy atom. The van der Waals surface area contributed by atoms with E-state index in [1.54, 1.807) is 0 Å². The molecule has 0 spiro atoms. The molecule has 0 unspecified atom stereocenters. The third-order valence-corrected chi connectivity index (χ3v) is 11.4. The highest BCUT2D eigenvalue weighted by molar-refractivity contribution is 5.71. The lowest BCUT2D eigenvalue weighted by Crippen LogP contribution is -2.30. The second kappa shape index (κ2) is 56.4. The van der Waals surface area contributed by atoms with Gasteiger partial charge >= 0.3 is 17.9 Å². The second-order valence-corrected chi connectivity index (χ2v) is 18.1. The van der Waals surface area contributed by atoms with Crippen LogP contribution in [-0.2, 0) is 28.6 Å². The molecular weight excluding hydrogens is 853 g/mol. The van der Waals surface area contributed by atoms with Crippen molar-refractivity contribution in [2.75, 3.05) is 13.2 Å². The van der Waals surface area contributed by atoms with Gasteiger partial charge in [-0.2, -0.15) is 0 Å². The maximum Gasteiger partial charge on any atom is 0.306 e. The number of unbranched alkanes of at least 4 members (excludes halogenated alkanes) is 18. The van der Waals surface area contributed by atoms with Crippen molar-refractivity contribution in [3.05, 3.63) is 122 Å². The number of ether oxygens (including phenoxy) is 3. The van der Waals surface area contributed by atoms with Crippen LogP contribution in [-0.4, -0.2) is 37.2 Å². The molecule has 390 valence electrons. The topological polar surface area (TPSA) is 78.9 Å². The summed E-state index contributed by atoms with van der Waals surface area (Å²) >= 11 is 0. The molecule has 0 radical (unpaired) electrons. The Labute approximate surface area is 424 Å². The van der Waals surface area contributed by atoms with Crippen LogP contribution in [0.25, 0.3) is 0 Å². The van der Waals surface area contributed by atoms with E-state index in [1.165, 1.54) is 96.3 Å². The number of carbonyl (C=O) groups excluding carboxylic acids is 3. The van der Waals surface area contributed by atoms with Crippen molar-refractivity contribution in [1.82, 2.24) is 0 Å². The normalized spacial score (nSPS) is 13.0. The molecular formula is C63H102O6. The predicted octanol–water partition coefficient (Wildman–Crippen LogP) is 18.9. The van der Waals surface area contributed by atoms with Crippen LogP contribution in [0.5, 0.6) is 0 Å². The van der Waals surface area contributed by atoms with Crippen molar-refractivity contribution in [1.29, 1.82) is 0 Å². The van der Waals surface area contributed by atoms with Gasteiger partial charge < -0.3 is 14.2 Å². The first-order valence-electron chi connectivity index (χ1n) is 28.0. The first-order valence-corrected chi connectivity index (χ1v) is 28.0. The Bertz CT molecular complexity index is 1470. The van der Waals surface area contributed by atoms with Gasteiger partial charge in [0.25, 0.3) is 0 Å². The Hall–Kier alpha value is -4.19. The van der Waals surface area contributed by atoms with Crippen LogP contribution >= 0.6 is 0 Å². The molecule has 0 amide bonds. The molecule has 0 rings (SSSR count). The number of carbonyl (C=O) groups is 3. The summed E-state index contributed by atoms with van der Waals surface area (Å²) in [6, 6.07) is 0. The summed E-state index contributed by atoms with van der Waals surface area (Å²) in [4.78, 5) is 38.1. The summed E-state index contributed by atoms with van der Waals surface area (Å²) in [7, 11) is 0. The molecule has 6 nitrogen and oxygen atoms in total. The summed E-state index contributed by atoms with van der Waals surface area (Å²) in [5, 5.41) is 0. The van der Waals surface area contributed by atoms with Gasteiger partial charge in [-0.05, 0) is 122 Å². The highest BCUT2D eigenvalue weighted by Gasteiger charge is 2.19. The van der Waals surface area contributed by atoms with Gasteiger partial charge in [-0.3, -0.25) is 14.4 Å². The van der Waals surface area contributed by atoms with Crippen LogP contribution in [0.3, 0.4) is 0 Å². The number of hydrogen-bond acceptors (Lipinski definition) is 6. The molecule has 0 aromatic heterocycles. The maximum atomic E-state index is 12.8. The van der Waals surface area contributed by atoms with Gasteiger partial charge in [0.15, 0.2) is 6.10 Å². The third kappa shape index (κ3) is 54.6. The predicted molar refractivity (Wildman–Crippen MR) is 297 cm³/mol. The van der Waals surface area contributed by atoms with E-state index in [0.717, 1.165) is 89.9 Å². The molecule has 0 saturated carbocycles. The standard InChI is InChI=1S/C63H102O6/c1-4-7-10-13-16-19-22-25-28-30-31-33-35-38-41-44-47-50-53-56-62(65)68-59-60(58-67-61(64)55-52-49-46-43-40-37-34-27-24-21-18-15-12-9-6-3)69-63(66)57-54-51-48-45-42-39-36-32-29-26-23-20-17-14-11-8-5-2/h16,18-19,21,25-29,31,33-34,36,38-39,41,45,47-48,50,60H,4-15,17,20,22-24,30,32,35,37,40,42-44,46,49,51-59H2,1-3H3/b19-16-,21-18-,28-25-,29-26-,33-31-,34-27-,39-36-,41-38-,48-45-,50-47-/t60-/m0/s1. The van der Waals surface area contributed by atoms with Gasteiger partial charge in [0.1, 0.15) is 13.2 Å². The van der Waals surface area contributed by atoms with E-state index in [-0.39, 0.29) is 44.0 Å². The van der Waals surface area contributed by atoms with Crippen molar-refractivity contribution in [3.63, 3.8) is 0 Å². The maximum absolute atomic E-state index is 12.8. The van der Waals surface area contributed by atoms with E-state index in [1.807, 2.05) is 12.2 Å². The summed E-state index contributed by atoms with van der Waals surface area (Å²) in [5.74, 6) is -1.09. The van der Waals surface area contributed by atoms with Crippen molar-refractivity contribution >= 4 is 17.9 Å². The van der Waals surface area contributed by atoms with Gasteiger partial charge in [0.05, 0.1) is 0 Å². The van der Waals surface area contributed by atoms with Gasteiger partial charge in [-0.25, -0.2) is 0 Å². The van der Waals surface area contributed by atoms with E-state index >= 15 is 0 Å². The SMILES string of the molecule is CCCCC/C=C\C/C=C\C/C=C\C/C=C\C/C=C\CCC(=O)OC[C@H](COC(=O)CCCCCCC/C=C\C/C=C\CCCCC)OC(=O)CCC/C=C\C/C=C\C/C=C\CCCCCCCC. The van der Waals surface area contributed by atoms with E-state index in [2.05, 4.69) is 130 Å². The van der Waals surface area contributed by atoms with Crippen molar-refractivity contribution in [3.8, 4) is 0 Å². The first kappa shape index (κ1) is 64.8. The smallest absolute Gasteiger partial charge is 0.306 e. The molecule has 0 heterocycles. The lowest BCUT2D eigenvalue weighted by molar-refractivity contribution is -0.166. The highest BCUT2D eigenvalue weighted by atomic mass is 16.6. The lowest BCUT2D eigenvalue weighted by Gasteiger charge is -2.18. The first-order chi connectivity index (χ1) is 34.0. The van der Waals surface area contributed by atoms with Crippen LogP contribution in [0.4, 0.5) is 0 Å². The van der Waals surface area contributed by atoms with Crippen molar-refractivity contribution < 1.29 is 28.6 Å². The summed E-state index contributed by atoms with van der Waals surface area (Å²) in [6.45, 7) is 6.45. The minimum Gasteiger partial charge on any atom is -0.462 e. The Balaban J connectivity index is 4.61.